The van der Waals surface area contributed by atoms with Gasteiger partial charge in [-0.05, 0) is 57.4 Å². The molecule has 0 saturated heterocycles. The third-order valence-corrected chi connectivity index (χ3v) is 3.28. The largest absolute Gasteiger partial charge is 0.493 e. The molecule has 0 spiro atoms. The van der Waals surface area contributed by atoms with Gasteiger partial charge in [-0.1, -0.05) is 6.07 Å². The van der Waals surface area contributed by atoms with Gasteiger partial charge < -0.3 is 19.9 Å². The smallest absolute Gasteiger partial charge is 0.160 e. The Kier molecular flexibility index (Phi) is 7.41. The lowest BCUT2D eigenvalue weighted by Crippen LogP contribution is -2.29. The molecule has 0 aromatic heterocycles. The normalized spacial score (nSPS) is 13.8. The van der Waals surface area contributed by atoms with Crippen LogP contribution in [0, 0.1) is 0 Å². The summed E-state index contributed by atoms with van der Waals surface area (Å²) in [5.41, 5.74) is 1.22. The van der Waals surface area contributed by atoms with Crippen molar-refractivity contribution in [3.05, 3.63) is 23.8 Å². The number of nitrogens with one attached hydrogen (secondary N) is 1. The van der Waals surface area contributed by atoms with Crippen LogP contribution in [-0.2, 0) is 6.42 Å². The van der Waals surface area contributed by atoms with Crippen molar-refractivity contribution in [3.63, 3.8) is 0 Å². The fourth-order valence-corrected chi connectivity index (χ4v) is 2.18. The molecule has 0 aliphatic carbocycles. The second kappa shape index (κ2) is 8.82. The maximum atomic E-state index is 9.21. The molecule has 2 atom stereocenters. The summed E-state index contributed by atoms with van der Waals surface area (Å²) < 4.78 is 10.5. The molecule has 4 nitrogen and oxygen atoms in total. The lowest BCUT2D eigenvalue weighted by molar-refractivity contribution is 0.181. The van der Waals surface area contributed by atoms with Gasteiger partial charge in [-0.15, -0.1) is 0 Å². The number of ether oxygens (including phenoxy) is 2. The second-order valence-electron chi connectivity index (χ2n) is 5.24. The van der Waals surface area contributed by atoms with Crippen molar-refractivity contribution in [2.75, 3.05) is 20.8 Å². The van der Waals surface area contributed by atoms with Gasteiger partial charge in [-0.25, -0.2) is 0 Å². The van der Waals surface area contributed by atoms with Crippen LogP contribution in [0.3, 0.4) is 0 Å². The molecular formula is C16H27NO3. The van der Waals surface area contributed by atoms with E-state index >= 15 is 0 Å². The highest BCUT2D eigenvalue weighted by atomic mass is 16.5. The summed E-state index contributed by atoms with van der Waals surface area (Å²) in [6.45, 7) is 4.92. The molecule has 1 aromatic carbocycles. The SMILES string of the molecule is COc1ccc(CC(C)NCCCC(C)O)cc1OC. The third kappa shape index (κ3) is 5.80. The van der Waals surface area contributed by atoms with Crippen molar-refractivity contribution in [1.29, 1.82) is 0 Å². The molecule has 0 aliphatic heterocycles. The van der Waals surface area contributed by atoms with Crippen molar-refractivity contribution in [1.82, 2.24) is 5.32 Å². The van der Waals surface area contributed by atoms with Gasteiger partial charge in [0.05, 0.1) is 20.3 Å². The Hall–Kier alpha value is -1.26. The standard InChI is InChI=1S/C16H27NO3/c1-12(17-9-5-6-13(2)18)10-14-7-8-15(19-3)16(11-14)20-4/h7-8,11-13,17-18H,5-6,9-10H2,1-4H3. The van der Waals surface area contributed by atoms with Gasteiger partial charge in [-0.3, -0.25) is 0 Å². The van der Waals surface area contributed by atoms with E-state index in [1.54, 1.807) is 14.2 Å². The molecule has 0 bridgehead atoms. The van der Waals surface area contributed by atoms with Gasteiger partial charge in [0.1, 0.15) is 0 Å². The van der Waals surface area contributed by atoms with Crippen molar-refractivity contribution in [2.45, 2.75) is 45.3 Å². The van der Waals surface area contributed by atoms with Crippen molar-refractivity contribution >= 4 is 0 Å². The minimum absolute atomic E-state index is 0.210. The molecule has 20 heavy (non-hydrogen) atoms. The first-order valence-corrected chi connectivity index (χ1v) is 7.19. The predicted molar refractivity (Wildman–Crippen MR) is 81.6 cm³/mol. The summed E-state index contributed by atoms with van der Waals surface area (Å²) in [4.78, 5) is 0. The fraction of sp³-hybridized carbons (Fsp3) is 0.625. The highest BCUT2D eigenvalue weighted by Gasteiger charge is 2.08. The van der Waals surface area contributed by atoms with Crippen molar-refractivity contribution in [3.8, 4) is 11.5 Å². The van der Waals surface area contributed by atoms with Crippen molar-refractivity contribution in [2.24, 2.45) is 0 Å². The van der Waals surface area contributed by atoms with E-state index in [2.05, 4.69) is 18.3 Å². The number of aliphatic hydroxyl groups excluding tert-OH is 1. The lowest BCUT2D eigenvalue weighted by atomic mass is 10.1. The maximum absolute atomic E-state index is 9.21. The van der Waals surface area contributed by atoms with Gasteiger partial charge in [0.15, 0.2) is 11.5 Å². The number of methoxy groups -OCH3 is 2. The highest BCUT2D eigenvalue weighted by molar-refractivity contribution is 5.43. The van der Waals surface area contributed by atoms with Crippen LogP contribution in [0.15, 0.2) is 18.2 Å². The van der Waals surface area contributed by atoms with Gasteiger partial charge in [-0.2, -0.15) is 0 Å². The Bertz CT molecular complexity index is 393. The molecule has 0 aliphatic rings. The van der Waals surface area contributed by atoms with E-state index in [0.717, 1.165) is 37.3 Å². The Morgan fingerprint density at radius 1 is 1.15 bits per heavy atom. The molecule has 0 saturated carbocycles. The molecule has 2 N–H and O–H groups in total. The quantitative estimate of drug-likeness (QED) is 0.682. The second-order valence-corrected chi connectivity index (χ2v) is 5.24. The van der Waals surface area contributed by atoms with Gasteiger partial charge in [0.2, 0.25) is 0 Å². The van der Waals surface area contributed by atoms with Crippen LogP contribution in [-0.4, -0.2) is 38.0 Å². The molecule has 0 radical (unpaired) electrons. The Labute approximate surface area is 122 Å². The molecule has 114 valence electrons. The topological polar surface area (TPSA) is 50.7 Å². The van der Waals surface area contributed by atoms with Crippen LogP contribution in [0.2, 0.25) is 0 Å². The fourth-order valence-electron chi connectivity index (χ4n) is 2.18. The zero-order valence-corrected chi connectivity index (χ0v) is 13.0. The minimum atomic E-state index is -0.210. The summed E-state index contributed by atoms with van der Waals surface area (Å²) in [7, 11) is 3.29. The van der Waals surface area contributed by atoms with Crippen LogP contribution in [0.4, 0.5) is 0 Å². The minimum Gasteiger partial charge on any atom is -0.493 e. The molecular weight excluding hydrogens is 254 g/mol. The van der Waals surface area contributed by atoms with E-state index in [1.807, 2.05) is 19.1 Å². The molecule has 0 fully saturated rings. The Morgan fingerprint density at radius 3 is 2.45 bits per heavy atom. The van der Waals surface area contributed by atoms with E-state index in [4.69, 9.17) is 9.47 Å². The number of rotatable bonds is 9. The van der Waals surface area contributed by atoms with E-state index in [0.29, 0.717) is 6.04 Å². The first-order chi connectivity index (χ1) is 9.56. The molecule has 1 aromatic rings. The van der Waals surface area contributed by atoms with Crippen LogP contribution >= 0.6 is 0 Å². The van der Waals surface area contributed by atoms with E-state index in [1.165, 1.54) is 5.56 Å². The lowest BCUT2D eigenvalue weighted by Gasteiger charge is -2.15. The molecule has 2 unspecified atom stereocenters. The summed E-state index contributed by atoms with van der Waals surface area (Å²) >= 11 is 0. The molecule has 1 rings (SSSR count). The Balaban J connectivity index is 2.43. The highest BCUT2D eigenvalue weighted by Crippen LogP contribution is 2.27. The number of hydrogen-bond donors (Lipinski definition) is 2. The summed E-state index contributed by atoms with van der Waals surface area (Å²) in [5.74, 6) is 1.53. The van der Waals surface area contributed by atoms with E-state index in [9.17, 15) is 5.11 Å². The summed E-state index contributed by atoms with van der Waals surface area (Å²) in [6, 6.07) is 6.42. The monoisotopic (exact) mass is 281 g/mol. The third-order valence-electron chi connectivity index (χ3n) is 3.28. The first kappa shape index (κ1) is 16.8. The summed E-state index contributed by atoms with van der Waals surface area (Å²) in [6.07, 6.45) is 2.57. The predicted octanol–water partition coefficient (Wildman–Crippen LogP) is 2.39. The number of hydrogen-bond acceptors (Lipinski definition) is 4. The summed E-state index contributed by atoms with van der Waals surface area (Å²) in [5, 5.41) is 12.7. The zero-order valence-electron chi connectivity index (χ0n) is 13.0. The molecule has 4 heteroatoms. The van der Waals surface area contributed by atoms with Crippen LogP contribution in [0.5, 0.6) is 11.5 Å². The molecule has 0 amide bonds. The number of aliphatic hydroxyl groups is 1. The Morgan fingerprint density at radius 2 is 1.85 bits per heavy atom. The van der Waals surface area contributed by atoms with Gasteiger partial charge >= 0.3 is 0 Å². The van der Waals surface area contributed by atoms with Crippen molar-refractivity contribution < 1.29 is 14.6 Å². The van der Waals surface area contributed by atoms with E-state index < -0.39 is 0 Å². The zero-order chi connectivity index (χ0) is 15.0. The van der Waals surface area contributed by atoms with Crippen LogP contribution < -0.4 is 14.8 Å². The first-order valence-electron chi connectivity index (χ1n) is 7.19. The molecule has 0 heterocycles. The average molecular weight is 281 g/mol. The van der Waals surface area contributed by atoms with Crippen LogP contribution in [0.25, 0.3) is 0 Å². The number of benzene rings is 1. The van der Waals surface area contributed by atoms with Gasteiger partial charge in [0.25, 0.3) is 0 Å². The van der Waals surface area contributed by atoms with Crippen LogP contribution in [0.1, 0.15) is 32.3 Å². The van der Waals surface area contributed by atoms with Gasteiger partial charge in [0, 0.05) is 6.04 Å². The average Bonchev–Trinajstić information content (AvgIpc) is 2.43. The maximum Gasteiger partial charge on any atom is 0.160 e. The van der Waals surface area contributed by atoms with E-state index in [-0.39, 0.29) is 6.10 Å².